The molecule has 5 heteroatoms. The Morgan fingerprint density at radius 3 is 2.26 bits per heavy atom. The molecular weight excluding hydrogens is 358 g/mol. The van der Waals surface area contributed by atoms with Crippen molar-refractivity contribution in [3.8, 4) is 0 Å². The normalized spacial score (nSPS) is 24.0. The minimum absolute atomic E-state index is 0.0229. The van der Waals surface area contributed by atoms with Crippen molar-refractivity contribution in [2.75, 3.05) is 6.61 Å². The lowest BCUT2D eigenvalue weighted by Crippen LogP contribution is -2.53. The standard InChI is InChI=1S/C22H35NO3S/c1-5-9-21-18(6-2)16-19(7-3)22(10-8-15-24)23(21)27(25,26)20-13-11-17(4)12-14-20/h11-14,16,18,21-22,24H,5-10,15H2,1-4H3/t18-,21+,22-/m0/s1. The molecule has 27 heavy (non-hydrogen) atoms. The molecule has 0 spiro atoms. The summed E-state index contributed by atoms with van der Waals surface area (Å²) >= 11 is 0. The number of hydrogen-bond acceptors (Lipinski definition) is 3. The van der Waals surface area contributed by atoms with Gasteiger partial charge >= 0.3 is 0 Å². The van der Waals surface area contributed by atoms with E-state index in [9.17, 15) is 13.5 Å². The lowest BCUT2D eigenvalue weighted by atomic mass is 9.83. The number of rotatable bonds is 9. The molecule has 1 aromatic rings. The van der Waals surface area contributed by atoms with Crippen molar-refractivity contribution in [3.05, 3.63) is 41.5 Å². The van der Waals surface area contributed by atoms with Gasteiger partial charge in [0.1, 0.15) is 0 Å². The fourth-order valence-electron chi connectivity index (χ4n) is 4.24. The number of hydrogen-bond donors (Lipinski definition) is 1. The zero-order valence-electron chi connectivity index (χ0n) is 17.2. The minimum Gasteiger partial charge on any atom is -0.396 e. The molecule has 1 aliphatic rings. The van der Waals surface area contributed by atoms with Crippen molar-refractivity contribution in [1.29, 1.82) is 0 Å². The maximum absolute atomic E-state index is 13.7. The maximum Gasteiger partial charge on any atom is 0.243 e. The lowest BCUT2D eigenvalue weighted by molar-refractivity contribution is 0.173. The Balaban J connectivity index is 2.58. The predicted octanol–water partition coefficient (Wildman–Crippen LogP) is 4.67. The summed E-state index contributed by atoms with van der Waals surface area (Å²) in [5.41, 5.74) is 2.24. The second kappa shape index (κ2) is 9.85. The Bertz CT molecular complexity index is 724. The highest BCUT2D eigenvalue weighted by molar-refractivity contribution is 7.89. The summed E-state index contributed by atoms with van der Waals surface area (Å²) in [4.78, 5) is 0.371. The molecule has 0 aliphatic carbocycles. The largest absolute Gasteiger partial charge is 0.396 e. The number of benzene rings is 1. The quantitative estimate of drug-likeness (QED) is 0.620. The molecule has 0 aromatic heterocycles. The van der Waals surface area contributed by atoms with Crippen LogP contribution in [0.4, 0.5) is 0 Å². The number of aliphatic hydroxyl groups excluding tert-OH is 1. The first-order valence-corrected chi connectivity index (χ1v) is 11.8. The van der Waals surface area contributed by atoms with Crippen molar-refractivity contribution in [2.24, 2.45) is 5.92 Å². The summed E-state index contributed by atoms with van der Waals surface area (Å²) in [6, 6.07) is 6.99. The highest BCUT2D eigenvalue weighted by atomic mass is 32.2. The van der Waals surface area contributed by atoms with Gasteiger partial charge in [0.25, 0.3) is 0 Å². The molecule has 0 fully saturated rings. The predicted molar refractivity (Wildman–Crippen MR) is 111 cm³/mol. The van der Waals surface area contributed by atoms with E-state index in [1.54, 1.807) is 16.4 Å². The molecule has 0 saturated carbocycles. The van der Waals surface area contributed by atoms with Crippen LogP contribution < -0.4 is 0 Å². The van der Waals surface area contributed by atoms with Crippen LogP contribution in [-0.2, 0) is 10.0 Å². The molecule has 0 radical (unpaired) electrons. The summed E-state index contributed by atoms with van der Waals surface area (Å²) in [5, 5.41) is 9.37. The highest BCUT2D eigenvalue weighted by Crippen LogP contribution is 2.39. The Morgan fingerprint density at radius 1 is 1.07 bits per heavy atom. The molecule has 1 aromatic carbocycles. The first-order valence-electron chi connectivity index (χ1n) is 10.3. The molecule has 152 valence electrons. The molecular formula is C22H35NO3S. The summed E-state index contributed by atoms with van der Waals surface area (Å²) in [7, 11) is -3.60. The van der Waals surface area contributed by atoms with Crippen molar-refractivity contribution in [2.45, 2.75) is 83.2 Å². The van der Waals surface area contributed by atoms with Gasteiger partial charge in [-0.2, -0.15) is 4.31 Å². The Hall–Kier alpha value is -1.17. The average Bonchev–Trinajstić information content (AvgIpc) is 2.66. The average molecular weight is 394 g/mol. The Kier molecular flexibility index (Phi) is 8.07. The first kappa shape index (κ1) is 22.1. The van der Waals surface area contributed by atoms with Crippen LogP contribution in [0.2, 0.25) is 0 Å². The van der Waals surface area contributed by atoms with Gasteiger partial charge < -0.3 is 5.11 Å². The molecule has 0 amide bonds. The molecule has 1 aliphatic heterocycles. The molecule has 0 bridgehead atoms. The highest BCUT2D eigenvalue weighted by Gasteiger charge is 2.43. The first-order chi connectivity index (χ1) is 12.9. The van der Waals surface area contributed by atoms with Gasteiger partial charge in [-0.15, -0.1) is 0 Å². The van der Waals surface area contributed by atoms with E-state index in [0.29, 0.717) is 17.7 Å². The second-order valence-electron chi connectivity index (χ2n) is 7.55. The Labute approximate surface area is 165 Å². The number of aliphatic hydroxyl groups is 1. The van der Waals surface area contributed by atoms with E-state index in [-0.39, 0.29) is 24.6 Å². The van der Waals surface area contributed by atoms with Gasteiger partial charge in [-0.05, 0) is 57.1 Å². The zero-order chi connectivity index (χ0) is 20.0. The van der Waals surface area contributed by atoms with E-state index in [1.807, 2.05) is 19.1 Å². The third kappa shape index (κ3) is 4.82. The van der Waals surface area contributed by atoms with Crippen molar-refractivity contribution < 1.29 is 13.5 Å². The summed E-state index contributed by atoms with van der Waals surface area (Å²) < 4.78 is 29.2. The molecule has 0 unspecified atom stereocenters. The number of aryl methyl sites for hydroxylation is 1. The van der Waals surface area contributed by atoms with Gasteiger partial charge in [-0.1, -0.05) is 56.5 Å². The monoisotopic (exact) mass is 393 g/mol. The summed E-state index contributed by atoms with van der Waals surface area (Å²) in [5.74, 6) is 0.241. The van der Waals surface area contributed by atoms with Crippen LogP contribution in [0.25, 0.3) is 0 Å². The van der Waals surface area contributed by atoms with Gasteiger partial charge in [-0.25, -0.2) is 8.42 Å². The van der Waals surface area contributed by atoms with Crippen LogP contribution in [0, 0.1) is 12.8 Å². The SMILES string of the molecule is CCC[C@@H]1[C@@H](CC)C=C(CC)[C@H](CCCO)N1S(=O)(=O)c1ccc(C)cc1. The van der Waals surface area contributed by atoms with Crippen LogP contribution in [0.5, 0.6) is 0 Å². The lowest BCUT2D eigenvalue weighted by Gasteiger charge is -2.45. The van der Waals surface area contributed by atoms with E-state index >= 15 is 0 Å². The molecule has 3 atom stereocenters. The van der Waals surface area contributed by atoms with Crippen LogP contribution in [0.15, 0.2) is 40.8 Å². The van der Waals surface area contributed by atoms with Crippen molar-refractivity contribution in [3.63, 3.8) is 0 Å². The van der Waals surface area contributed by atoms with Gasteiger partial charge in [0, 0.05) is 18.7 Å². The number of nitrogens with zero attached hydrogens (tertiary/aromatic N) is 1. The summed E-state index contributed by atoms with van der Waals surface area (Å²) in [6.07, 6.45) is 7.17. The van der Waals surface area contributed by atoms with E-state index in [4.69, 9.17) is 0 Å². The second-order valence-corrected chi connectivity index (χ2v) is 9.40. The van der Waals surface area contributed by atoms with Gasteiger partial charge in [-0.3, -0.25) is 0 Å². The van der Waals surface area contributed by atoms with Crippen LogP contribution in [0.1, 0.15) is 64.9 Å². The topological polar surface area (TPSA) is 57.6 Å². The molecule has 2 rings (SSSR count). The Morgan fingerprint density at radius 2 is 1.74 bits per heavy atom. The van der Waals surface area contributed by atoms with Crippen LogP contribution >= 0.6 is 0 Å². The zero-order valence-corrected chi connectivity index (χ0v) is 18.0. The molecule has 1 heterocycles. The fraction of sp³-hybridized carbons (Fsp3) is 0.636. The minimum atomic E-state index is -3.60. The smallest absolute Gasteiger partial charge is 0.243 e. The van der Waals surface area contributed by atoms with E-state index in [1.165, 1.54) is 5.57 Å². The van der Waals surface area contributed by atoms with E-state index in [0.717, 1.165) is 31.2 Å². The molecule has 0 saturated heterocycles. The van der Waals surface area contributed by atoms with Crippen molar-refractivity contribution >= 4 is 10.0 Å². The van der Waals surface area contributed by atoms with Crippen molar-refractivity contribution in [1.82, 2.24) is 4.31 Å². The maximum atomic E-state index is 13.7. The van der Waals surface area contributed by atoms with E-state index < -0.39 is 10.0 Å². The third-order valence-electron chi connectivity index (χ3n) is 5.68. The van der Waals surface area contributed by atoms with Gasteiger partial charge in [0.05, 0.1) is 4.90 Å². The molecule has 1 N–H and O–H groups in total. The third-order valence-corrected chi connectivity index (χ3v) is 7.63. The molecule has 4 nitrogen and oxygen atoms in total. The van der Waals surface area contributed by atoms with Crippen LogP contribution in [0.3, 0.4) is 0 Å². The van der Waals surface area contributed by atoms with Gasteiger partial charge in [0.2, 0.25) is 10.0 Å². The van der Waals surface area contributed by atoms with Gasteiger partial charge in [0.15, 0.2) is 0 Å². The van der Waals surface area contributed by atoms with Crippen LogP contribution in [-0.4, -0.2) is 36.5 Å². The summed E-state index contributed by atoms with van der Waals surface area (Å²) in [6.45, 7) is 8.40. The fourth-order valence-corrected chi connectivity index (χ4v) is 6.15. The number of sulfonamides is 1. The van der Waals surface area contributed by atoms with E-state index in [2.05, 4.69) is 26.8 Å².